The number of ketones is 1. The standard InChI is InChI=1S/C11H14NO2.Y/c1-7-5-9(3-4-11(7)14)6-10(12)8(2)13;/h3,5,10,14H,6,12H2,1-2H3;/q-1;/t10-;/m0./s1. The molecule has 15 heavy (non-hydrogen) atoms. The molecule has 0 aliphatic heterocycles. The van der Waals surface area contributed by atoms with Crippen molar-refractivity contribution in [1.82, 2.24) is 0 Å². The molecule has 0 saturated carbocycles. The summed E-state index contributed by atoms with van der Waals surface area (Å²) in [7, 11) is 0. The molecule has 0 aromatic heterocycles. The van der Waals surface area contributed by atoms with E-state index < -0.39 is 6.04 Å². The third-order valence-electron chi connectivity index (χ3n) is 2.15. The molecule has 3 N–H and O–H groups in total. The molecule has 1 radical (unpaired) electrons. The molecule has 0 saturated heterocycles. The Morgan fingerprint density at radius 1 is 1.67 bits per heavy atom. The average Bonchev–Trinajstić information content (AvgIpc) is 2.11. The van der Waals surface area contributed by atoms with E-state index in [1.54, 1.807) is 13.0 Å². The SMILES string of the molecule is CC(=O)[C@@H](N)Cc1c[c-]c(O)c(C)c1.[Y]. The van der Waals surface area contributed by atoms with Gasteiger partial charge in [-0.15, -0.1) is 11.6 Å². The Morgan fingerprint density at radius 3 is 2.73 bits per heavy atom. The van der Waals surface area contributed by atoms with Gasteiger partial charge in [0, 0.05) is 38.5 Å². The van der Waals surface area contributed by atoms with Gasteiger partial charge in [0.25, 0.3) is 0 Å². The first-order valence-electron chi connectivity index (χ1n) is 4.47. The third kappa shape index (κ3) is 4.41. The van der Waals surface area contributed by atoms with Crippen LogP contribution in [0.15, 0.2) is 12.1 Å². The van der Waals surface area contributed by atoms with E-state index in [-0.39, 0.29) is 44.2 Å². The maximum atomic E-state index is 10.9. The van der Waals surface area contributed by atoms with Crippen LogP contribution in [0.1, 0.15) is 18.1 Å². The van der Waals surface area contributed by atoms with Crippen LogP contribution in [-0.4, -0.2) is 16.9 Å². The predicted molar refractivity (Wildman–Crippen MR) is 54.0 cm³/mol. The molecule has 0 heterocycles. The molecule has 0 fully saturated rings. The summed E-state index contributed by atoms with van der Waals surface area (Å²) in [6.07, 6.45) is 0.493. The van der Waals surface area contributed by atoms with E-state index in [0.717, 1.165) is 11.1 Å². The fourth-order valence-corrected chi connectivity index (χ4v) is 1.18. The van der Waals surface area contributed by atoms with Crippen LogP contribution >= 0.6 is 0 Å². The minimum atomic E-state index is -0.465. The summed E-state index contributed by atoms with van der Waals surface area (Å²) in [6.45, 7) is 3.26. The first kappa shape index (κ1) is 14.8. The minimum absolute atomic E-state index is 0. The zero-order valence-electron chi connectivity index (χ0n) is 8.95. The molecular weight excluding hydrogens is 267 g/mol. The largest absolute Gasteiger partial charge is 0.534 e. The van der Waals surface area contributed by atoms with E-state index in [1.807, 2.05) is 6.07 Å². The maximum absolute atomic E-state index is 10.9. The number of aromatic hydroxyl groups is 1. The van der Waals surface area contributed by atoms with Crippen molar-refractivity contribution >= 4 is 5.78 Å². The van der Waals surface area contributed by atoms with E-state index in [4.69, 9.17) is 5.73 Å². The average molecular weight is 281 g/mol. The van der Waals surface area contributed by atoms with Crippen molar-refractivity contribution < 1.29 is 42.6 Å². The topological polar surface area (TPSA) is 63.3 Å². The summed E-state index contributed by atoms with van der Waals surface area (Å²) in [5, 5.41) is 9.23. The predicted octanol–water partition coefficient (Wildman–Crippen LogP) is 0.957. The molecule has 1 aromatic carbocycles. The zero-order chi connectivity index (χ0) is 10.7. The minimum Gasteiger partial charge on any atom is -0.534 e. The van der Waals surface area contributed by atoms with E-state index in [1.165, 1.54) is 6.92 Å². The summed E-state index contributed by atoms with van der Waals surface area (Å²) in [5.41, 5.74) is 7.28. The van der Waals surface area contributed by atoms with Crippen LogP contribution in [0.2, 0.25) is 0 Å². The number of rotatable bonds is 3. The van der Waals surface area contributed by atoms with Crippen molar-refractivity contribution in [3.05, 3.63) is 29.3 Å². The molecule has 0 bridgehead atoms. The Balaban J connectivity index is 0.00000196. The quantitative estimate of drug-likeness (QED) is 0.811. The number of nitrogens with two attached hydrogens (primary N) is 1. The number of benzene rings is 1. The van der Waals surface area contributed by atoms with E-state index in [9.17, 15) is 9.90 Å². The number of hydrogen-bond donors (Lipinski definition) is 2. The number of phenolic OH excluding ortho intramolecular Hbond substituents is 1. The number of phenols is 1. The van der Waals surface area contributed by atoms with Crippen molar-refractivity contribution in [2.75, 3.05) is 0 Å². The molecule has 4 heteroatoms. The molecule has 1 atom stereocenters. The normalized spacial score (nSPS) is 11.7. The zero-order valence-corrected chi connectivity index (χ0v) is 11.8. The Morgan fingerprint density at radius 2 is 2.27 bits per heavy atom. The van der Waals surface area contributed by atoms with Gasteiger partial charge in [0.2, 0.25) is 0 Å². The summed E-state index contributed by atoms with van der Waals surface area (Å²) in [5.74, 6) is 0.112. The second-order valence-corrected chi connectivity index (χ2v) is 3.46. The number of hydrogen-bond acceptors (Lipinski definition) is 3. The van der Waals surface area contributed by atoms with Crippen LogP contribution in [0.4, 0.5) is 0 Å². The van der Waals surface area contributed by atoms with Gasteiger partial charge in [-0.3, -0.25) is 4.79 Å². The fraction of sp³-hybridized carbons (Fsp3) is 0.364. The maximum Gasteiger partial charge on any atom is 0.145 e. The Kier molecular flexibility index (Phi) is 6.26. The molecule has 0 spiro atoms. The number of carbonyl (C=O) groups is 1. The van der Waals surface area contributed by atoms with Crippen LogP contribution in [0, 0.1) is 13.0 Å². The molecule has 0 unspecified atom stereocenters. The van der Waals surface area contributed by atoms with Gasteiger partial charge in [-0.1, -0.05) is 13.3 Å². The van der Waals surface area contributed by atoms with Crippen molar-refractivity contribution in [1.29, 1.82) is 0 Å². The Labute approximate surface area is 115 Å². The van der Waals surface area contributed by atoms with E-state index in [0.29, 0.717) is 6.42 Å². The van der Waals surface area contributed by atoms with Gasteiger partial charge in [0.1, 0.15) is 5.78 Å². The van der Waals surface area contributed by atoms with Crippen LogP contribution < -0.4 is 5.73 Å². The van der Waals surface area contributed by atoms with Crippen LogP contribution in [0.25, 0.3) is 0 Å². The first-order valence-corrected chi connectivity index (χ1v) is 4.47. The number of Topliss-reactive ketones (excluding diaryl/α,β-unsaturated/α-hetero) is 1. The van der Waals surface area contributed by atoms with Crippen LogP contribution in [-0.2, 0) is 43.9 Å². The van der Waals surface area contributed by atoms with Crippen LogP contribution in [0.3, 0.4) is 0 Å². The van der Waals surface area contributed by atoms with Gasteiger partial charge in [-0.2, -0.15) is 17.7 Å². The van der Waals surface area contributed by atoms with Gasteiger partial charge in [0.15, 0.2) is 0 Å². The first-order chi connectivity index (χ1) is 6.50. The molecule has 1 rings (SSSR count). The van der Waals surface area contributed by atoms with Crippen molar-refractivity contribution in [2.45, 2.75) is 26.3 Å². The number of aryl methyl sites for hydroxylation is 1. The van der Waals surface area contributed by atoms with E-state index in [2.05, 4.69) is 6.07 Å². The molecule has 79 valence electrons. The van der Waals surface area contributed by atoms with Gasteiger partial charge in [0.05, 0.1) is 6.04 Å². The van der Waals surface area contributed by atoms with Crippen molar-refractivity contribution in [3.8, 4) is 5.75 Å². The summed E-state index contributed by atoms with van der Waals surface area (Å²) in [4.78, 5) is 10.9. The van der Waals surface area contributed by atoms with Crippen molar-refractivity contribution in [2.24, 2.45) is 5.73 Å². The van der Waals surface area contributed by atoms with Gasteiger partial charge in [-0.05, 0) is 6.92 Å². The summed E-state index contributed by atoms with van der Waals surface area (Å²) < 4.78 is 0. The van der Waals surface area contributed by atoms with Crippen molar-refractivity contribution in [3.63, 3.8) is 0 Å². The second-order valence-electron chi connectivity index (χ2n) is 3.46. The van der Waals surface area contributed by atoms with Crippen LogP contribution in [0.5, 0.6) is 5.75 Å². The fourth-order valence-electron chi connectivity index (χ4n) is 1.18. The molecule has 0 aliphatic rings. The van der Waals surface area contributed by atoms with E-state index >= 15 is 0 Å². The smallest absolute Gasteiger partial charge is 0.145 e. The summed E-state index contributed by atoms with van der Waals surface area (Å²) >= 11 is 0. The molecule has 1 aromatic rings. The Bertz CT molecular complexity index is 352. The second kappa shape index (κ2) is 6.36. The molecule has 0 amide bonds. The molecular formula is C11H14NO2Y-. The summed E-state index contributed by atoms with van der Waals surface area (Å²) in [6, 6.07) is 5.71. The third-order valence-corrected chi connectivity index (χ3v) is 2.15. The van der Waals surface area contributed by atoms with Gasteiger partial charge in [-0.25, -0.2) is 0 Å². The molecule has 3 nitrogen and oxygen atoms in total. The Hall–Kier alpha value is -0.246. The monoisotopic (exact) mass is 281 g/mol. The molecule has 0 aliphatic carbocycles. The van der Waals surface area contributed by atoms with Gasteiger partial charge < -0.3 is 10.8 Å². The number of carbonyl (C=O) groups excluding carboxylic acids is 1. The van der Waals surface area contributed by atoms with Gasteiger partial charge >= 0.3 is 0 Å².